The molecule has 1 aliphatic rings. The minimum Gasteiger partial charge on any atom is -0.352 e. The van der Waals surface area contributed by atoms with Crippen molar-refractivity contribution in [2.45, 2.75) is 32.9 Å². The molecule has 0 radical (unpaired) electrons. The molecule has 1 atom stereocenters. The Balaban J connectivity index is 1.67. The molecular formula is C17H18FN5O3. The molecule has 9 heteroatoms. The highest BCUT2D eigenvalue weighted by Crippen LogP contribution is 2.18. The van der Waals surface area contributed by atoms with Crippen LogP contribution in [0.15, 0.2) is 24.3 Å². The molecule has 0 unspecified atom stereocenters. The molecule has 0 spiro atoms. The Morgan fingerprint density at radius 2 is 1.96 bits per heavy atom. The minimum atomic E-state index is -0.855. The third-order valence-electron chi connectivity index (χ3n) is 4.22. The minimum absolute atomic E-state index is 0.137. The number of hydrogen-bond donors (Lipinski definition) is 3. The number of urea groups is 1. The summed E-state index contributed by atoms with van der Waals surface area (Å²) < 4.78 is 14.8. The monoisotopic (exact) mass is 359 g/mol. The number of nitrogens with zero attached hydrogens (tertiary/aromatic N) is 2. The molecule has 1 aromatic heterocycles. The Kier molecular flexibility index (Phi) is 4.70. The maximum Gasteiger partial charge on any atom is 0.322 e. The molecule has 4 amide bonds. The first-order chi connectivity index (χ1) is 12.3. The van der Waals surface area contributed by atoms with E-state index in [0.29, 0.717) is 0 Å². The molecule has 2 heterocycles. The van der Waals surface area contributed by atoms with Crippen LogP contribution in [0.5, 0.6) is 0 Å². The van der Waals surface area contributed by atoms with Crippen LogP contribution in [0.3, 0.4) is 0 Å². The number of rotatable bonds is 5. The van der Waals surface area contributed by atoms with Gasteiger partial charge in [-0.25, -0.2) is 13.9 Å². The van der Waals surface area contributed by atoms with Crippen molar-refractivity contribution in [1.29, 1.82) is 0 Å². The van der Waals surface area contributed by atoms with E-state index < -0.39 is 18.0 Å². The van der Waals surface area contributed by atoms with E-state index in [0.717, 1.165) is 22.6 Å². The van der Waals surface area contributed by atoms with Crippen LogP contribution in [0.25, 0.3) is 5.69 Å². The van der Waals surface area contributed by atoms with E-state index in [9.17, 15) is 18.8 Å². The summed E-state index contributed by atoms with van der Waals surface area (Å²) in [5.41, 5.74) is 3.11. The molecule has 1 aromatic carbocycles. The fraction of sp³-hybridized carbons (Fsp3) is 0.294. The van der Waals surface area contributed by atoms with Crippen LogP contribution >= 0.6 is 0 Å². The van der Waals surface area contributed by atoms with Crippen LogP contribution < -0.4 is 16.0 Å². The maximum atomic E-state index is 13.1. The summed E-state index contributed by atoms with van der Waals surface area (Å²) in [7, 11) is 0. The van der Waals surface area contributed by atoms with Gasteiger partial charge in [0.25, 0.3) is 5.91 Å². The standard InChI is InChI=1S/C17H18FN5O3/c1-9-13(8-19-15(24)7-14-16(25)21-17(26)20-14)10(2)23(22-9)12-5-3-11(18)4-6-12/h3-6,14H,7-8H2,1-2H3,(H,19,24)(H2,20,21,25,26)/t14-/m0/s1. The zero-order valence-electron chi connectivity index (χ0n) is 14.3. The van der Waals surface area contributed by atoms with Crippen molar-refractivity contribution in [3.8, 4) is 5.69 Å². The fourth-order valence-corrected chi connectivity index (χ4v) is 2.81. The number of amides is 4. The van der Waals surface area contributed by atoms with Crippen LogP contribution in [-0.4, -0.2) is 33.7 Å². The van der Waals surface area contributed by atoms with Gasteiger partial charge >= 0.3 is 6.03 Å². The number of aryl methyl sites for hydroxylation is 1. The number of carbonyl (C=O) groups is 3. The number of nitrogens with one attached hydrogen (secondary N) is 3. The van der Waals surface area contributed by atoms with Crippen molar-refractivity contribution < 1.29 is 18.8 Å². The van der Waals surface area contributed by atoms with E-state index in [1.807, 2.05) is 13.8 Å². The third kappa shape index (κ3) is 3.56. The van der Waals surface area contributed by atoms with E-state index in [2.05, 4.69) is 21.0 Å². The Morgan fingerprint density at radius 3 is 2.58 bits per heavy atom. The van der Waals surface area contributed by atoms with Crippen molar-refractivity contribution in [2.24, 2.45) is 0 Å². The zero-order chi connectivity index (χ0) is 18.8. The topological polar surface area (TPSA) is 105 Å². The van der Waals surface area contributed by atoms with Crippen molar-refractivity contribution >= 4 is 17.8 Å². The molecule has 136 valence electrons. The van der Waals surface area contributed by atoms with Crippen LogP contribution in [0.1, 0.15) is 23.4 Å². The van der Waals surface area contributed by atoms with Crippen LogP contribution in [-0.2, 0) is 16.1 Å². The second-order valence-corrected chi connectivity index (χ2v) is 6.03. The van der Waals surface area contributed by atoms with Gasteiger partial charge in [-0.1, -0.05) is 0 Å². The van der Waals surface area contributed by atoms with Crippen LogP contribution in [0.4, 0.5) is 9.18 Å². The van der Waals surface area contributed by atoms with Gasteiger partial charge in [-0.2, -0.15) is 5.10 Å². The van der Waals surface area contributed by atoms with E-state index in [-0.39, 0.29) is 24.7 Å². The summed E-state index contributed by atoms with van der Waals surface area (Å²) in [5, 5.41) is 11.6. The number of carbonyl (C=O) groups excluding carboxylic acids is 3. The largest absolute Gasteiger partial charge is 0.352 e. The number of benzene rings is 1. The summed E-state index contributed by atoms with van der Waals surface area (Å²) in [6.07, 6.45) is -0.137. The predicted molar refractivity (Wildman–Crippen MR) is 89.9 cm³/mol. The second-order valence-electron chi connectivity index (χ2n) is 6.03. The Labute approximate surface area is 148 Å². The highest BCUT2D eigenvalue weighted by Gasteiger charge is 2.31. The van der Waals surface area contributed by atoms with Gasteiger partial charge in [-0.15, -0.1) is 0 Å². The lowest BCUT2D eigenvalue weighted by molar-refractivity contribution is -0.126. The van der Waals surface area contributed by atoms with Crippen molar-refractivity contribution in [2.75, 3.05) is 0 Å². The molecule has 3 N–H and O–H groups in total. The smallest absolute Gasteiger partial charge is 0.322 e. The molecule has 3 rings (SSSR count). The second kappa shape index (κ2) is 6.95. The molecule has 2 aromatic rings. The van der Waals surface area contributed by atoms with Gasteiger partial charge in [0.2, 0.25) is 5.91 Å². The summed E-state index contributed by atoms with van der Waals surface area (Å²) in [5.74, 6) is -1.20. The van der Waals surface area contributed by atoms with Gasteiger partial charge < -0.3 is 10.6 Å². The molecule has 0 bridgehead atoms. The van der Waals surface area contributed by atoms with Gasteiger partial charge in [0, 0.05) is 17.8 Å². The van der Waals surface area contributed by atoms with Gasteiger partial charge in [0.05, 0.1) is 17.8 Å². The van der Waals surface area contributed by atoms with E-state index in [1.54, 1.807) is 16.8 Å². The van der Waals surface area contributed by atoms with Gasteiger partial charge in [-0.3, -0.25) is 14.9 Å². The molecule has 1 saturated heterocycles. The average Bonchev–Trinajstić information content (AvgIpc) is 3.05. The summed E-state index contributed by atoms with van der Waals surface area (Å²) in [4.78, 5) is 34.6. The number of aromatic nitrogens is 2. The number of imide groups is 1. The average molecular weight is 359 g/mol. The first-order valence-electron chi connectivity index (χ1n) is 8.04. The summed E-state index contributed by atoms with van der Waals surface area (Å²) >= 11 is 0. The maximum absolute atomic E-state index is 13.1. The molecule has 1 fully saturated rings. The highest BCUT2D eigenvalue weighted by molar-refractivity contribution is 6.05. The fourth-order valence-electron chi connectivity index (χ4n) is 2.81. The van der Waals surface area contributed by atoms with E-state index in [1.165, 1.54) is 12.1 Å². The lowest BCUT2D eigenvalue weighted by atomic mass is 10.1. The molecule has 8 nitrogen and oxygen atoms in total. The van der Waals surface area contributed by atoms with Crippen molar-refractivity contribution in [3.05, 3.63) is 47.0 Å². The van der Waals surface area contributed by atoms with Gasteiger partial charge in [-0.05, 0) is 38.1 Å². The van der Waals surface area contributed by atoms with Crippen molar-refractivity contribution in [3.63, 3.8) is 0 Å². The normalized spacial score (nSPS) is 16.3. The molecule has 0 aliphatic carbocycles. The highest BCUT2D eigenvalue weighted by atomic mass is 19.1. The summed E-state index contributed by atoms with van der Waals surface area (Å²) in [6.45, 7) is 3.91. The molecule has 0 saturated carbocycles. The first kappa shape index (κ1) is 17.6. The predicted octanol–water partition coefficient (Wildman–Crippen LogP) is 0.843. The Hall–Kier alpha value is -3.23. The Morgan fingerprint density at radius 1 is 1.27 bits per heavy atom. The zero-order valence-corrected chi connectivity index (χ0v) is 14.3. The van der Waals surface area contributed by atoms with E-state index in [4.69, 9.17) is 0 Å². The van der Waals surface area contributed by atoms with E-state index >= 15 is 0 Å². The number of hydrogen-bond acceptors (Lipinski definition) is 4. The lowest BCUT2D eigenvalue weighted by Crippen LogP contribution is -2.36. The Bertz CT molecular complexity index is 875. The third-order valence-corrected chi connectivity index (χ3v) is 4.22. The quantitative estimate of drug-likeness (QED) is 0.688. The molecular weight excluding hydrogens is 341 g/mol. The van der Waals surface area contributed by atoms with Gasteiger partial charge in [0.15, 0.2) is 0 Å². The van der Waals surface area contributed by atoms with Gasteiger partial charge in [0.1, 0.15) is 11.9 Å². The summed E-state index contributed by atoms with van der Waals surface area (Å²) in [6, 6.07) is 4.51. The van der Waals surface area contributed by atoms with Crippen LogP contribution in [0, 0.1) is 19.7 Å². The first-order valence-corrected chi connectivity index (χ1v) is 8.04. The molecule has 1 aliphatic heterocycles. The lowest BCUT2D eigenvalue weighted by Gasteiger charge is -2.09. The van der Waals surface area contributed by atoms with Crippen LogP contribution in [0.2, 0.25) is 0 Å². The van der Waals surface area contributed by atoms with Crippen molar-refractivity contribution in [1.82, 2.24) is 25.7 Å². The SMILES string of the molecule is Cc1nn(-c2ccc(F)cc2)c(C)c1CNC(=O)C[C@@H]1NC(=O)NC1=O. The molecule has 26 heavy (non-hydrogen) atoms. The number of halogens is 1.